The summed E-state index contributed by atoms with van der Waals surface area (Å²) in [7, 11) is 2.07. The van der Waals surface area contributed by atoms with Crippen LogP contribution in [-0.4, -0.2) is 60.4 Å². The number of amides is 1. The molecule has 9 heteroatoms. The zero-order valence-electron chi connectivity index (χ0n) is 21.2. The summed E-state index contributed by atoms with van der Waals surface area (Å²) >= 11 is 0. The molecular formula is C28H32F2N4O3. The second kappa shape index (κ2) is 12.7. The van der Waals surface area contributed by atoms with E-state index in [0.717, 1.165) is 25.9 Å². The second-order valence-corrected chi connectivity index (χ2v) is 9.09. The zero-order chi connectivity index (χ0) is 26.2. The molecule has 3 aromatic rings. The fourth-order valence-electron chi connectivity index (χ4n) is 4.26. The Balaban J connectivity index is 1.54. The highest BCUT2D eigenvalue weighted by atomic mass is 19.1. The fraction of sp³-hybridized carbons (Fsp3) is 0.429. The number of imidazole rings is 1. The third kappa shape index (κ3) is 7.28. The third-order valence-corrected chi connectivity index (χ3v) is 6.24. The number of unbranched alkanes of at least 4 members (excludes halogenated alkanes) is 1. The van der Waals surface area contributed by atoms with Gasteiger partial charge in [0.1, 0.15) is 23.6 Å². The molecule has 0 spiro atoms. The van der Waals surface area contributed by atoms with Crippen molar-refractivity contribution in [3.8, 4) is 11.8 Å². The number of H-pyrrole nitrogens is 1. The molecule has 1 saturated heterocycles. The van der Waals surface area contributed by atoms with Crippen LogP contribution < -0.4 is 5.32 Å². The number of alkyl carbamates (subject to hydrolysis) is 1. The van der Waals surface area contributed by atoms with E-state index in [1.54, 1.807) is 25.1 Å². The van der Waals surface area contributed by atoms with Gasteiger partial charge in [0.25, 0.3) is 0 Å². The lowest BCUT2D eigenvalue weighted by molar-refractivity contribution is -0.0276. The third-order valence-electron chi connectivity index (χ3n) is 6.24. The maximum Gasteiger partial charge on any atom is 0.407 e. The van der Waals surface area contributed by atoms with Crippen molar-refractivity contribution in [2.45, 2.75) is 44.8 Å². The van der Waals surface area contributed by atoms with Gasteiger partial charge in [-0.05, 0) is 69.6 Å². The van der Waals surface area contributed by atoms with Gasteiger partial charge in [-0.3, -0.25) is 0 Å². The average molecular weight is 511 g/mol. The molecule has 0 bridgehead atoms. The first-order valence-corrected chi connectivity index (χ1v) is 12.6. The zero-order valence-corrected chi connectivity index (χ0v) is 21.2. The highest BCUT2D eigenvalue weighted by Crippen LogP contribution is 2.32. The minimum absolute atomic E-state index is 0.0628. The molecule has 2 aromatic carbocycles. The SMILES string of the molecule is CCOC(=O)NCCCC#Cc1ccc(F)c(C(OC2CCN(C)CC2)c2nc3ccc(F)cc3[nH]2)c1. The van der Waals surface area contributed by atoms with Crippen LogP contribution in [0.2, 0.25) is 0 Å². The number of hydrogen-bond donors (Lipinski definition) is 2. The van der Waals surface area contributed by atoms with Gasteiger partial charge in [0.05, 0.1) is 23.7 Å². The Bertz CT molecular complexity index is 1280. The van der Waals surface area contributed by atoms with Crippen LogP contribution in [0.3, 0.4) is 0 Å². The summed E-state index contributed by atoms with van der Waals surface area (Å²) in [6, 6.07) is 9.00. The quantitative estimate of drug-likeness (QED) is 0.332. The molecule has 1 unspecified atom stereocenters. The molecule has 37 heavy (non-hydrogen) atoms. The summed E-state index contributed by atoms with van der Waals surface area (Å²) < 4.78 is 40.2. The first-order chi connectivity index (χ1) is 17.9. The van der Waals surface area contributed by atoms with Crippen LogP contribution in [0.15, 0.2) is 36.4 Å². The van der Waals surface area contributed by atoms with Crippen molar-refractivity contribution in [1.82, 2.24) is 20.2 Å². The molecule has 1 fully saturated rings. The standard InChI is InChI=1S/C28H32F2N4O3/c1-3-36-28(35)31-14-6-4-5-7-19-8-10-23(30)22(17-19)26(37-21-12-15-34(2)16-13-21)27-32-24-11-9-20(29)18-25(24)33-27/h8-11,17-18,21,26H,3-4,6,12-16H2,1-2H3,(H,31,35)(H,32,33). The molecule has 1 aliphatic heterocycles. The number of nitrogens with one attached hydrogen (secondary N) is 2. The van der Waals surface area contributed by atoms with Crippen LogP contribution in [0.1, 0.15) is 55.7 Å². The minimum Gasteiger partial charge on any atom is -0.450 e. The number of benzene rings is 2. The van der Waals surface area contributed by atoms with E-state index >= 15 is 4.39 Å². The Kier molecular flexibility index (Phi) is 9.09. The summed E-state index contributed by atoms with van der Waals surface area (Å²) in [5.41, 5.74) is 2.09. The van der Waals surface area contributed by atoms with Gasteiger partial charge in [-0.15, -0.1) is 0 Å². The highest BCUT2D eigenvalue weighted by molar-refractivity contribution is 5.75. The molecule has 1 aromatic heterocycles. The molecular weight excluding hydrogens is 478 g/mol. The van der Waals surface area contributed by atoms with Gasteiger partial charge in [-0.2, -0.15) is 0 Å². The molecule has 0 saturated carbocycles. The molecule has 0 radical (unpaired) electrons. The van der Waals surface area contributed by atoms with Crippen LogP contribution in [-0.2, 0) is 9.47 Å². The largest absolute Gasteiger partial charge is 0.450 e. The van der Waals surface area contributed by atoms with Crippen molar-refractivity contribution in [2.24, 2.45) is 0 Å². The Morgan fingerprint density at radius 3 is 2.84 bits per heavy atom. The number of nitrogens with zero attached hydrogens (tertiary/aromatic N) is 2. The van der Waals surface area contributed by atoms with Gasteiger partial charge in [-0.25, -0.2) is 18.6 Å². The van der Waals surface area contributed by atoms with Crippen LogP contribution in [0.25, 0.3) is 11.0 Å². The Morgan fingerprint density at radius 2 is 2.05 bits per heavy atom. The van der Waals surface area contributed by atoms with Gasteiger partial charge in [0.2, 0.25) is 0 Å². The topological polar surface area (TPSA) is 79.5 Å². The number of aromatic amines is 1. The average Bonchev–Trinajstić information content (AvgIpc) is 3.30. The number of likely N-dealkylation sites (tertiary alicyclic amines) is 1. The van der Waals surface area contributed by atoms with Crippen molar-refractivity contribution in [3.63, 3.8) is 0 Å². The number of fused-ring (bicyclic) bond motifs is 1. The summed E-state index contributed by atoms with van der Waals surface area (Å²) in [5.74, 6) is 5.77. The second-order valence-electron chi connectivity index (χ2n) is 9.09. The number of carbonyl (C=O) groups excluding carboxylic acids is 1. The maximum absolute atomic E-state index is 15.2. The lowest BCUT2D eigenvalue weighted by Crippen LogP contribution is -2.35. The summed E-state index contributed by atoms with van der Waals surface area (Å²) in [6.07, 6.45) is 1.57. The lowest BCUT2D eigenvalue weighted by Gasteiger charge is -2.31. The van der Waals surface area contributed by atoms with E-state index in [1.807, 2.05) is 0 Å². The first-order valence-electron chi connectivity index (χ1n) is 12.6. The first kappa shape index (κ1) is 26.6. The monoisotopic (exact) mass is 510 g/mol. The van der Waals surface area contributed by atoms with Gasteiger partial charge in [-0.1, -0.05) is 11.8 Å². The smallest absolute Gasteiger partial charge is 0.407 e. The van der Waals surface area contributed by atoms with E-state index in [2.05, 4.69) is 39.1 Å². The summed E-state index contributed by atoms with van der Waals surface area (Å²) in [5, 5.41) is 2.66. The highest BCUT2D eigenvalue weighted by Gasteiger charge is 2.28. The molecule has 2 heterocycles. The van der Waals surface area contributed by atoms with E-state index in [1.165, 1.54) is 18.2 Å². The molecule has 2 N–H and O–H groups in total. The van der Waals surface area contributed by atoms with Crippen molar-refractivity contribution < 1.29 is 23.0 Å². The van der Waals surface area contributed by atoms with Crippen LogP contribution in [0, 0.1) is 23.5 Å². The number of ether oxygens (including phenoxy) is 2. The molecule has 196 valence electrons. The van der Waals surface area contributed by atoms with E-state index in [4.69, 9.17) is 9.47 Å². The van der Waals surface area contributed by atoms with Gasteiger partial charge < -0.3 is 24.7 Å². The van der Waals surface area contributed by atoms with E-state index in [-0.39, 0.29) is 11.9 Å². The maximum atomic E-state index is 15.2. The van der Waals surface area contributed by atoms with Crippen molar-refractivity contribution in [2.75, 3.05) is 33.3 Å². The van der Waals surface area contributed by atoms with Crippen LogP contribution >= 0.6 is 0 Å². The number of hydrogen-bond acceptors (Lipinski definition) is 5. The Hall–Kier alpha value is -3.48. The predicted octanol–water partition coefficient (Wildman–Crippen LogP) is 4.92. The minimum atomic E-state index is -0.792. The molecule has 1 aliphatic rings. The molecule has 0 aliphatic carbocycles. The normalized spacial score (nSPS) is 15.2. The Labute approximate surface area is 215 Å². The van der Waals surface area contributed by atoms with Crippen LogP contribution in [0.4, 0.5) is 13.6 Å². The van der Waals surface area contributed by atoms with Crippen molar-refractivity contribution >= 4 is 17.1 Å². The molecule has 4 rings (SSSR count). The number of aromatic nitrogens is 2. The van der Waals surface area contributed by atoms with Gasteiger partial charge >= 0.3 is 6.09 Å². The number of halogens is 2. The van der Waals surface area contributed by atoms with E-state index < -0.39 is 18.0 Å². The molecule has 1 amide bonds. The molecule has 1 atom stereocenters. The van der Waals surface area contributed by atoms with Crippen LogP contribution in [0.5, 0.6) is 0 Å². The Morgan fingerprint density at radius 1 is 1.24 bits per heavy atom. The van der Waals surface area contributed by atoms with E-state index in [9.17, 15) is 9.18 Å². The van der Waals surface area contributed by atoms with Gasteiger partial charge in [0.15, 0.2) is 0 Å². The number of rotatable bonds is 8. The summed E-state index contributed by atoms with van der Waals surface area (Å²) in [4.78, 5) is 21.3. The predicted molar refractivity (Wildman–Crippen MR) is 137 cm³/mol. The lowest BCUT2D eigenvalue weighted by atomic mass is 10.0. The molecule has 7 nitrogen and oxygen atoms in total. The summed E-state index contributed by atoms with van der Waals surface area (Å²) in [6.45, 7) is 4.32. The number of piperidine rings is 1. The van der Waals surface area contributed by atoms with E-state index in [0.29, 0.717) is 54.0 Å². The van der Waals surface area contributed by atoms with Gasteiger partial charge in [0, 0.05) is 37.2 Å². The van der Waals surface area contributed by atoms with Crippen molar-refractivity contribution in [3.05, 3.63) is 65.0 Å². The fourth-order valence-corrected chi connectivity index (χ4v) is 4.26. The number of carbonyl (C=O) groups is 1. The van der Waals surface area contributed by atoms with Crippen molar-refractivity contribution in [1.29, 1.82) is 0 Å².